The fraction of sp³-hybridized carbons (Fsp3) is 0.381. The molecule has 0 aliphatic rings. The van der Waals surface area contributed by atoms with Crippen molar-refractivity contribution >= 4 is 5.91 Å². The Morgan fingerprint density at radius 3 is 2.40 bits per heavy atom. The Bertz CT molecular complexity index is 710. The number of carbonyl (C=O) groups excluding carboxylic acids is 1. The van der Waals surface area contributed by atoms with Gasteiger partial charge in [0.1, 0.15) is 11.5 Å². The topological polar surface area (TPSA) is 38.8 Å². The first-order valence-electron chi connectivity index (χ1n) is 8.56. The van der Waals surface area contributed by atoms with E-state index in [1.807, 2.05) is 70.3 Å². The van der Waals surface area contributed by atoms with E-state index < -0.39 is 6.10 Å². The number of hydrogen-bond donors (Lipinski definition) is 0. The van der Waals surface area contributed by atoms with Crippen molar-refractivity contribution in [3.05, 3.63) is 59.2 Å². The predicted octanol–water partition coefficient (Wildman–Crippen LogP) is 4.13. The van der Waals surface area contributed by atoms with Crippen molar-refractivity contribution in [3.63, 3.8) is 0 Å². The van der Waals surface area contributed by atoms with Crippen LogP contribution in [0.3, 0.4) is 0 Å². The van der Waals surface area contributed by atoms with Gasteiger partial charge in [-0.1, -0.05) is 31.2 Å². The highest BCUT2D eigenvalue weighted by Gasteiger charge is 2.23. The minimum Gasteiger partial charge on any atom is -0.497 e. The van der Waals surface area contributed by atoms with Gasteiger partial charge in [-0.15, -0.1) is 0 Å². The Morgan fingerprint density at radius 2 is 1.80 bits per heavy atom. The van der Waals surface area contributed by atoms with Crippen molar-refractivity contribution in [1.82, 2.24) is 4.90 Å². The molecule has 2 aromatic carbocycles. The molecule has 0 radical (unpaired) electrons. The molecule has 0 heterocycles. The Hall–Kier alpha value is -2.49. The summed E-state index contributed by atoms with van der Waals surface area (Å²) in [4.78, 5) is 14.5. The van der Waals surface area contributed by atoms with Crippen LogP contribution < -0.4 is 9.47 Å². The molecule has 0 fully saturated rings. The molecule has 134 valence electrons. The Kier molecular flexibility index (Phi) is 6.45. The van der Waals surface area contributed by atoms with Gasteiger partial charge in [0.15, 0.2) is 6.10 Å². The van der Waals surface area contributed by atoms with Gasteiger partial charge in [0.05, 0.1) is 7.11 Å². The second-order valence-electron chi connectivity index (χ2n) is 6.33. The van der Waals surface area contributed by atoms with Gasteiger partial charge in [0.25, 0.3) is 5.91 Å². The van der Waals surface area contributed by atoms with Gasteiger partial charge in [0, 0.05) is 13.6 Å². The normalized spacial score (nSPS) is 11.7. The van der Waals surface area contributed by atoms with E-state index in [9.17, 15) is 4.79 Å². The van der Waals surface area contributed by atoms with Gasteiger partial charge in [0.2, 0.25) is 0 Å². The van der Waals surface area contributed by atoms with E-state index in [1.54, 1.807) is 12.0 Å². The molecule has 4 nitrogen and oxygen atoms in total. The van der Waals surface area contributed by atoms with Gasteiger partial charge in [-0.25, -0.2) is 0 Å². The molecule has 0 aliphatic heterocycles. The Balaban J connectivity index is 2.05. The van der Waals surface area contributed by atoms with E-state index in [-0.39, 0.29) is 5.91 Å². The summed E-state index contributed by atoms with van der Waals surface area (Å²) in [5.74, 6) is 1.57. The summed E-state index contributed by atoms with van der Waals surface area (Å²) in [6, 6.07) is 13.8. The van der Waals surface area contributed by atoms with Crippen molar-refractivity contribution in [3.8, 4) is 11.5 Å². The number of ether oxygens (including phenoxy) is 2. The molecule has 0 aliphatic carbocycles. The SMILES string of the molecule is CCC(Oc1cc(C)ccc1C)C(=O)N(C)Cc1ccc(OC)cc1. The average Bonchev–Trinajstić information content (AvgIpc) is 2.62. The van der Waals surface area contributed by atoms with Crippen LogP contribution in [0, 0.1) is 13.8 Å². The minimum absolute atomic E-state index is 0.0146. The van der Waals surface area contributed by atoms with Gasteiger partial charge >= 0.3 is 0 Å². The van der Waals surface area contributed by atoms with Gasteiger partial charge in [-0.3, -0.25) is 4.79 Å². The number of nitrogens with zero attached hydrogens (tertiary/aromatic N) is 1. The molecule has 0 saturated carbocycles. The van der Waals surface area contributed by atoms with Crippen LogP contribution in [0.5, 0.6) is 11.5 Å². The number of likely N-dealkylation sites (N-methyl/N-ethyl adjacent to an activating group) is 1. The second kappa shape index (κ2) is 8.56. The minimum atomic E-state index is -0.483. The highest BCUT2D eigenvalue weighted by atomic mass is 16.5. The molecule has 4 heteroatoms. The third kappa shape index (κ3) is 4.99. The van der Waals surface area contributed by atoms with Gasteiger partial charge in [-0.2, -0.15) is 0 Å². The largest absolute Gasteiger partial charge is 0.497 e. The summed E-state index contributed by atoms with van der Waals surface area (Å²) in [5, 5.41) is 0. The maximum absolute atomic E-state index is 12.8. The molecule has 0 spiro atoms. The zero-order chi connectivity index (χ0) is 18.4. The number of hydrogen-bond acceptors (Lipinski definition) is 3. The van der Waals surface area contributed by atoms with Gasteiger partial charge in [-0.05, 0) is 55.2 Å². The number of aryl methyl sites for hydroxylation is 2. The Labute approximate surface area is 150 Å². The van der Waals surface area contributed by atoms with Crippen LogP contribution in [0.15, 0.2) is 42.5 Å². The molecule has 0 bridgehead atoms. The Morgan fingerprint density at radius 1 is 1.12 bits per heavy atom. The van der Waals surface area contributed by atoms with Crippen LogP contribution in [0.1, 0.15) is 30.0 Å². The van der Waals surface area contributed by atoms with Crippen molar-refractivity contribution < 1.29 is 14.3 Å². The third-order valence-corrected chi connectivity index (χ3v) is 4.21. The second-order valence-corrected chi connectivity index (χ2v) is 6.33. The number of benzene rings is 2. The monoisotopic (exact) mass is 341 g/mol. The highest BCUT2D eigenvalue weighted by Crippen LogP contribution is 2.22. The molecule has 0 saturated heterocycles. The predicted molar refractivity (Wildman–Crippen MR) is 100 cm³/mol. The number of rotatable bonds is 7. The maximum atomic E-state index is 12.8. The molecule has 1 atom stereocenters. The molecule has 1 unspecified atom stereocenters. The van der Waals surface area contributed by atoms with E-state index in [4.69, 9.17) is 9.47 Å². The van der Waals surface area contributed by atoms with E-state index in [1.165, 1.54) is 0 Å². The molecule has 25 heavy (non-hydrogen) atoms. The smallest absolute Gasteiger partial charge is 0.263 e. The van der Waals surface area contributed by atoms with Crippen LogP contribution >= 0.6 is 0 Å². The summed E-state index contributed by atoms with van der Waals surface area (Å²) in [6.07, 6.45) is 0.142. The molecular formula is C21H27NO3. The lowest BCUT2D eigenvalue weighted by Crippen LogP contribution is -2.39. The lowest BCUT2D eigenvalue weighted by molar-refractivity contribution is -0.138. The molecule has 2 rings (SSSR count). The van der Waals surface area contributed by atoms with E-state index in [0.717, 1.165) is 28.2 Å². The number of methoxy groups -OCH3 is 1. The van der Waals surface area contributed by atoms with Crippen LogP contribution in [0.2, 0.25) is 0 Å². The third-order valence-electron chi connectivity index (χ3n) is 4.21. The summed E-state index contributed by atoms with van der Waals surface area (Å²) < 4.78 is 11.2. The average molecular weight is 341 g/mol. The first-order chi connectivity index (χ1) is 11.9. The molecule has 2 aromatic rings. The molecule has 1 amide bonds. The first kappa shape index (κ1) is 18.8. The van der Waals surface area contributed by atoms with Crippen molar-refractivity contribution in [1.29, 1.82) is 0 Å². The van der Waals surface area contributed by atoms with Crippen molar-refractivity contribution in [2.24, 2.45) is 0 Å². The first-order valence-corrected chi connectivity index (χ1v) is 8.56. The van der Waals surface area contributed by atoms with Crippen LogP contribution in [-0.2, 0) is 11.3 Å². The van der Waals surface area contributed by atoms with Crippen LogP contribution in [0.25, 0.3) is 0 Å². The molecule has 0 N–H and O–H groups in total. The van der Waals surface area contributed by atoms with Crippen LogP contribution in [-0.4, -0.2) is 31.1 Å². The highest BCUT2D eigenvalue weighted by molar-refractivity contribution is 5.81. The summed E-state index contributed by atoms with van der Waals surface area (Å²) in [6.45, 7) is 6.52. The zero-order valence-corrected chi connectivity index (χ0v) is 15.7. The quantitative estimate of drug-likeness (QED) is 0.760. The standard InChI is InChI=1S/C21H27NO3/c1-6-19(25-20-13-15(2)7-8-16(20)3)21(23)22(4)14-17-9-11-18(24-5)12-10-17/h7-13,19H,6,14H2,1-5H3. The summed E-state index contributed by atoms with van der Waals surface area (Å²) in [5.41, 5.74) is 3.21. The fourth-order valence-corrected chi connectivity index (χ4v) is 2.62. The zero-order valence-electron chi connectivity index (χ0n) is 15.7. The maximum Gasteiger partial charge on any atom is 0.263 e. The van der Waals surface area contributed by atoms with E-state index >= 15 is 0 Å². The molecule has 0 aromatic heterocycles. The van der Waals surface area contributed by atoms with E-state index in [2.05, 4.69) is 0 Å². The van der Waals surface area contributed by atoms with E-state index in [0.29, 0.717) is 13.0 Å². The lowest BCUT2D eigenvalue weighted by Gasteiger charge is -2.24. The van der Waals surface area contributed by atoms with Crippen molar-refractivity contribution in [2.45, 2.75) is 39.8 Å². The van der Waals surface area contributed by atoms with Crippen LogP contribution in [0.4, 0.5) is 0 Å². The fourth-order valence-electron chi connectivity index (χ4n) is 2.62. The van der Waals surface area contributed by atoms with Gasteiger partial charge < -0.3 is 14.4 Å². The van der Waals surface area contributed by atoms with Crippen molar-refractivity contribution in [2.75, 3.05) is 14.2 Å². The lowest BCUT2D eigenvalue weighted by atomic mass is 10.1. The number of carbonyl (C=O) groups is 1. The summed E-state index contributed by atoms with van der Waals surface area (Å²) in [7, 11) is 3.45. The summed E-state index contributed by atoms with van der Waals surface area (Å²) >= 11 is 0. The molecular weight excluding hydrogens is 314 g/mol. The number of amides is 1.